The number of aryl methyl sites for hydroxylation is 2. The zero-order chi connectivity index (χ0) is 28.1. The van der Waals surface area contributed by atoms with Crippen molar-refractivity contribution >= 4 is 5.97 Å². The number of allylic oxidation sites excluding steroid dienone is 1. The minimum atomic E-state index is -0.556. The van der Waals surface area contributed by atoms with E-state index in [9.17, 15) is 10.1 Å². The molecule has 0 radical (unpaired) electrons. The Hall–Kier alpha value is -5.22. The van der Waals surface area contributed by atoms with Crippen LogP contribution in [-0.4, -0.2) is 12.6 Å². The summed E-state index contributed by atoms with van der Waals surface area (Å²) in [4.78, 5) is 12.5. The van der Waals surface area contributed by atoms with E-state index in [-0.39, 0.29) is 18.2 Å². The van der Waals surface area contributed by atoms with E-state index in [2.05, 4.69) is 6.07 Å². The number of carbonyl (C=O) groups is 1. The van der Waals surface area contributed by atoms with Gasteiger partial charge in [0.1, 0.15) is 41.2 Å². The van der Waals surface area contributed by atoms with Crippen LogP contribution >= 0.6 is 0 Å². The number of ether oxygens (including phenoxy) is 4. The first-order valence-corrected chi connectivity index (χ1v) is 12.8. The summed E-state index contributed by atoms with van der Waals surface area (Å²) in [6, 6.07) is 30.4. The minimum Gasteiger partial charge on any atom is -0.489 e. The molecule has 0 spiro atoms. The van der Waals surface area contributed by atoms with E-state index in [1.807, 2.05) is 86.6 Å². The molecule has 1 aliphatic heterocycles. The average Bonchev–Trinajstić information content (AvgIpc) is 2.95. The van der Waals surface area contributed by atoms with Gasteiger partial charge in [-0.3, -0.25) is 0 Å². The molecule has 2 N–H and O–H groups in total. The molecule has 5 rings (SSSR count). The van der Waals surface area contributed by atoms with Crippen LogP contribution in [0.5, 0.6) is 23.0 Å². The quantitative estimate of drug-likeness (QED) is 0.216. The smallest absolute Gasteiger partial charge is 0.349 e. The van der Waals surface area contributed by atoms with E-state index >= 15 is 0 Å². The third-order valence-corrected chi connectivity index (χ3v) is 6.61. The van der Waals surface area contributed by atoms with Gasteiger partial charge < -0.3 is 24.7 Å². The highest BCUT2D eigenvalue weighted by molar-refractivity contribution is 5.74. The molecule has 1 aliphatic rings. The van der Waals surface area contributed by atoms with Crippen LogP contribution in [0.3, 0.4) is 0 Å². The molecule has 0 amide bonds. The van der Waals surface area contributed by atoms with Crippen molar-refractivity contribution in [3.63, 3.8) is 0 Å². The molecule has 0 aliphatic carbocycles. The second kappa shape index (κ2) is 11.7. The number of para-hydroxylation sites is 1. The monoisotopic (exact) mass is 532 g/mol. The summed E-state index contributed by atoms with van der Waals surface area (Å²) < 4.78 is 23.0. The Balaban J connectivity index is 1.35. The molecular weight excluding hydrogens is 504 g/mol. The van der Waals surface area contributed by atoms with E-state index in [1.165, 1.54) is 0 Å². The van der Waals surface area contributed by atoms with Crippen molar-refractivity contribution in [1.82, 2.24) is 0 Å². The van der Waals surface area contributed by atoms with Crippen molar-refractivity contribution in [2.45, 2.75) is 26.4 Å². The van der Waals surface area contributed by atoms with Crippen LogP contribution in [0, 0.1) is 25.2 Å². The number of carbonyl (C=O) groups excluding carboxylic acids is 1. The van der Waals surface area contributed by atoms with E-state index in [0.29, 0.717) is 29.4 Å². The Bertz CT molecular complexity index is 1600. The third-order valence-electron chi connectivity index (χ3n) is 6.61. The number of esters is 1. The standard InChI is InChI=1S/C33H28N2O5/c1-21-8-6-9-22(2)32(21)38-20-30(36)39-26-14-15-27-29(17-26)40-33(35)28(18-34)31(27)24-12-7-13-25(16-24)37-19-23-10-4-3-5-11-23/h3-17,31H,19-20,35H2,1-2H3. The van der Waals surface area contributed by atoms with Crippen molar-refractivity contribution in [1.29, 1.82) is 5.26 Å². The van der Waals surface area contributed by atoms with Crippen LogP contribution < -0.4 is 24.7 Å². The van der Waals surface area contributed by atoms with Crippen molar-refractivity contribution in [2.75, 3.05) is 6.61 Å². The molecule has 0 saturated carbocycles. The number of fused-ring (bicyclic) bond motifs is 1. The molecule has 0 fully saturated rings. The van der Waals surface area contributed by atoms with E-state index in [0.717, 1.165) is 27.8 Å². The summed E-state index contributed by atoms with van der Waals surface area (Å²) in [6.07, 6.45) is 0. The van der Waals surface area contributed by atoms with E-state index < -0.39 is 11.9 Å². The molecule has 0 aromatic heterocycles. The van der Waals surface area contributed by atoms with Gasteiger partial charge in [-0.25, -0.2) is 4.79 Å². The fraction of sp³-hybridized carbons (Fsp3) is 0.152. The highest BCUT2D eigenvalue weighted by Crippen LogP contribution is 2.44. The highest BCUT2D eigenvalue weighted by atomic mass is 16.6. The summed E-state index contributed by atoms with van der Waals surface area (Å²) >= 11 is 0. The third kappa shape index (κ3) is 5.77. The zero-order valence-corrected chi connectivity index (χ0v) is 22.2. The Morgan fingerprint density at radius 1 is 0.900 bits per heavy atom. The van der Waals surface area contributed by atoms with Crippen molar-refractivity contribution < 1.29 is 23.7 Å². The molecular formula is C33H28N2O5. The molecule has 7 nitrogen and oxygen atoms in total. The average molecular weight is 533 g/mol. The number of nitrogens with zero attached hydrogens (tertiary/aromatic N) is 1. The molecule has 4 aromatic rings. The summed E-state index contributed by atoms with van der Waals surface area (Å²) in [5, 5.41) is 9.92. The maximum atomic E-state index is 12.5. The zero-order valence-electron chi connectivity index (χ0n) is 22.2. The Morgan fingerprint density at radius 2 is 1.65 bits per heavy atom. The predicted octanol–water partition coefficient (Wildman–Crippen LogP) is 6.09. The van der Waals surface area contributed by atoms with Crippen molar-refractivity contribution in [2.24, 2.45) is 5.73 Å². The fourth-order valence-corrected chi connectivity index (χ4v) is 4.69. The van der Waals surface area contributed by atoms with Crippen LogP contribution in [0.1, 0.15) is 33.7 Å². The summed E-state index contributed by atoms with van der Waals surface area (Å²) in [5.74, 6) is 0.967. The fourth-order valence-electron chi connectivity index (χ4n) is 4.69. The van der Waals surface area contributed by atoms with Crippen molar-refractivity contribution in [3.8, 4) is 29.1 Å². The van der Waals surface area contributed by atoms with Crippen LogP contribution in [0.4, 0.5) is 0 Å². The Kier molecular flexibility index (Phi) is 7.70. The largest absolute Gasteiger partial charge is 0.489 e. The van der Waals surface area contributed by atoms with Gasteiger partial charge in [0.2, 0.25) is 5.88 Å². The van der Waals surface area contributed by atoms with E-state index in [4.69, 9.17) is 24.7 Å². The van der Waals surface area contributed by atoms with E-state index in [1.54, 1.807) is 18.2 Å². The van der Waals surface area contributed by atoms with Gasteiger partial charge in [0.25, 0.3) is 0 Å². The lowest BCUT2D eigenvalue weighted by Crippen LogP contribution is -2.22. The Labute approximate surface area is 233 Å². The maximum absolute atomic E-state index is 12.5. The van der Waals surface area contributed by atoms with Gasteiger partial charge in [0.15, 0.2) is 6.61 Å². The first-order valence-electron chi connectivity index (χ1n) is 12.8. The minimum absolute atomic E-state index is 0.00237. The Morgan fingerprint density at radius 3 is 2.40 bits per heavy atom. The summed E-state index contributed by atoms with van der Waals surface area (Å²) in [6.45, 7) is 4.01. The molecule has 4 aromatic carbocycles. The van der Waals surface area contributed by atoms with Gasteiger partial charge in [-0.1, -0.05) is 66.7 Å². The molecule has 1 unspecified atom stereocenters. The SMILES string of the molecule is Cc1cccc(C)c1OCC(=O)Oc1ccc2c(c1)OC(N)=C(C#N)C2c1cccc(OCc2ccccc2)c1. The number of rotatable bonds is 8. The van der Waals surface area contributed by atoms with Gasteiger partial charge >= 0.3 is 5.97 Å². The maximum Gasteiger partial charge on any atom is 0.349 e. The van der Waals surface area contributed by atoms with Gasteiger partial charge in [-0.15, -0.1) is 0 Å². The number of hydrogen-bond acceptors (Lipinski definition) is 7. The molecule has 200 valence electrons. The van der Waals surface area contributed by atoms with Gasteiger partial charge in [-0.2, -0.15) is 5.26 Å². The molecule has 1 heterocycles. The molecule has 1 atom stereocenters. The molecule has 7 heteroatoms. The lowest BCUT2D eigenvalue weighted by molar-refractivity contribution is -0.136. The van der Waals surface area contributed by atoms with Gasteiger partial charge in [0.05, 0.1) is 5.92 Å². The first kappa shape index (κ1) is 26.4. The van der Waals surface area contributed by atoms with Crippen LogP contribution in [0.2, 0.25) is 0 Å². The highest BCUT2D eigenvalue weighted by Gasteiger charge is 2.31. The number of hydrogen-bond donors (Lipinski definition) is 1. The topological polar surface area (TPSA) is 104 Å². The first-order chi connectivity index (χ1) is 19.4. The number of nitrogens with two attached hydrogens (primary N) is 1. The normalized spacial score (nSPS) is 14.0. The van der Waals surface area contributed by atoms with Gasteiger partial charge in [0, 0.05) is 11.6 Å². The van der Waals surface area contributed by atoms with Crippen LogP contribution in [0.15, 0.2) is 102 Å². The molecule has 0 bridgehead atoms. The lowest BCUT2D eigenvalue weighted by Gasteiger charge is -2.27. The summed E-state index contributed by atoms with van der Waals surface area (Å²) in [7, 11) is 0. The van der Waals surface area contributed by atoms with Crippen LogP contribution in [-0.2, 0) is 11.4 Å². The number of nitriles is 1. The number of benzene rings is 4. The van der Waals surface area contributed by atoms with Crippen LogP contribution in [0.25, 0.3) is 0 Å². The predicted molar refractivity (Wildman–Crippen MR) is 150 cm³/mol. The van der Waals surface area contributed by atoms with Gasteiger partial charge in [-0.05, 0) is 54.3 Å². The lowest BCUT2D eigenvalue weighted by atomic mass is 9.83. The molecule has 40 heavy (non-hydrogen) atoms. The van der Waals surface area contributed by atoms with Crippen molar-refractivity contribution in [3.05, 3.63) is 130 Å². The second-order valence-electron chi connectivity index (χ2n) is 9.45. The second-order valence-corrected chi connectivity index (χ2v) is 9.45. The summed E-state index contributed by atoms with van der Waals surface area (Å²) in [5.41, 5.74) is 10.9. The molecule has 0 saturated heterocycles.